The van der Waals surface area contributed by atoms with Crippen molar-refractivity contribution in [1.29, 1.82) is 0 Å². The van der Waals surface area contributed by atoms with Gasteiger partial charge in [-0.15, -0.1) is 0 Å². The quantitative estimate of drug-likeness (QED) is 0.792. The molecule has 1 unspecified atom stereocenters. The van der Waals surface area contributed by atoms with Gasteiger partial charge in [0.15, 0.2) is 0 Å². The van der Waals surface area contributed by atoms with E-state index in [0.717, 1.165) is 22.4 Å². The molecule has 0 fully saturated rings. The van der Waals surface area contributed by atoms with E-state index in [-0.39, 0.29) is 5.92 Å². The monoisotopic (exact) mass is 302 g/mol. The predicted octanol–water partition coefficient (Wildman–Crippen LogP) is 4.00. The zero-order chi connectivity index (χ0) is 16.2. The van der Waals surface area contributed by atoms with Crippen molar-refractivity contribution >= 4 is 5.91 Å². The summed E-state index contributed by atoms with van der Waals surface area (Å²) in [6, 6.07) is 21.6. The van der Waals surface area contributed by atoms with E-state index in [1.165, 1.54) is 0 Å². The van der Waals surface area contributed by atoms with Gasteiger partial charge in [0.25, 0.3) is 0 Å². The molecule has 3 aromatic rings. The van der Waals surface area contributed by atoms with Crippen molar-refractivity contribution in [2.24, 2.45) is 5.73 Å². The van der Waals surface area contributed by atoms with Gasteiger partial charge in [-0.3, -0.25) is 9.78 Å². The summed E-state index contributed by atoms with van der Waals surface area (Å²) in [6.45, 7) is 2.07. The molecule has 0 spiro atoms. The van der Waals surface area contributed by atoms with Crippen molar-refractivity contribution in [3.8, 4) is 11.3 Å². The van der Waals surface area contributed by atoms with Gasteiger partial charge in [-0.1, -0.05) is 67.6 Å². The number of carbonyl (C=O) groups is 1. The summed E-state index contributed by atoms with van der Waals surface area (Å²) in [5.41, 5.74) is 9.92. The third-order valence-corrected chi connectivity index (χ3v) is 4.04. The Bertz CT molecular complexity index is 814. The molecule has 3 rings (SSSR count). The van der Waals surface area contributed by atoms with Crippen LogP contribution in [-0.4, -0.2) is 10.9 Å². The molecule has 3 nitrogen and oxygen atoms in total. The highest BCUT2D eigenvalue weighted by Gasteiger charge is 2.21. The molecule has 3 heteroatoms. The Morgan fingerprint density at radius 3 is 2.17 bits per heavy atom. The van der Waals surface area contributed by atoms with Crippen LogP contribution in [0.15, 0.2) is 72.9 Å². The van der Waals surface area contributed by atoms with E-state index in [2.05, 4.69) is 24.0 Å². The highest BCUT2D eigenvalue weighted by Crippen LogP contribution is 2.34. The molecule has 0 saturated heterocycles. The molecule has 2 aromatic carbocycles. The van der Waals surface area contributed by atoms with Crippen molar-refractivity contribution in [3.05, 3.63) is 89.6 Å². The molecule has 0 aliphatic heterocycles. The maximum Gasteiger partial charge on any atom is 0.249 e. The van der Waals surface area contributed by atoms with Crippen LogP contribution in [-0.2, 0) is 0 Å². The molecule has 1 heterocycles. The number of benzene rings is 2. The average molecular weight is 302 g/mol. The Hall–Kier alpha value is -2.94. The maximum absolute atomic E-state index is 11.9. The van der Waals surface area contributed by atoms with Crippen molar-refractivity contribution in [1.82, 2.24) is 4.98 Å². The first-order valence-corrected chi connectivity index (χ1v) is 7.57. The molecule has 2 N–H and O–H groups in total. The lowest BCUT2D eigenvalue weighted by molar-refractivity contribution is 0.0999. The lowest BCUT2D eigenvalue weighted by atomic mass is 9.86. The fourth-order valence-electron chi connectivity index (χ4n) is 2.86. The van der Waals surface area contributed by atoms with Gasteiger partial charge in [0.2, 0.25) is 5.91 Å². The van der Waals surface area contributed by atoms with E-state index in [0.29, 0.717) is 5.56 Å². The van der Waals surface area contributed by atoms with E-state index >= 15 is 0 Å². The molecular weight excluding hydrogens is 284 g/mol. The molecule has 0 saturated carbocycles. The van der Waals surface area contributed by atoms with Gasteiger partial charge in [0.05, 0.1) is 5.69 Å². The number of rotatable bonds is 4. The summed E-state index contributed by atoms with van der Waals surface area (Å²) in [4.78, 5) is 16.5. The van der Waals surface area contributed by atoms with Crippen LogP contribution in [0, 0.1) is 0 Å². The van der Waals surface area contributed by atoms with Gasteiger partial charge in [-0.05, 0) is 17.2 Å². The fraction of sp³-hybridized carbons (Fsp3) is 0.100. The Labute approximate surface area is 135 Å². The van der Waals surface area contributed by atoms with Gasteiger partial charge in [-0.2, -0.15) is 0 Å². The minimum atomic E-state index is -0.428. The molecule has 0 bridgehead atoms. The lowest BCUT2D eigenvalue weighted by Crippen LogP contribution is -2.16. The SMILES string of the molecule is CC(c1ccccc1)c1c(C(N)=O)ccnc1-c1ccccc1. The zero-order valence-corrected chi connectivity index (χ0v) is 12.9. The summed E-state index contributed by atoms with van der Waals surface area (Å²) in [5.74, 6) is -0.412. The minimum absolute atomic E-state index is 0.0163. The number of hydrogen-bond acceptors (Lipinski definition) is 2. The van der Waals surface area contributed by atoms with Crippen LogP contribution in [0.5, 0.6) is 0 Å². The second-order valence-corrected chi connectivity index (χ2v) is 5.48. The summed E-state index contributed by atoms with van der Waals surface area (Å²) in [5, 5.41) is 0. The van der Waals surface area contributed by atoms with Gasteiger partial charge < -0.3 is 5.73 Å². The molecule has 0 aliphatic rings. The lowest BCUT2D eigenvalue weighted by Gasteiger charge is -2.19. The number of pyridine rings is 1. The molecule has 0 radical (unpaired) electrons. The van der Waals surface area contributed by atoms with Crippen LogP contribution in [0.2, 0.25) is 0 Å². The molecular formula is C20H18N2O. The van der Waals surface area contributed by atoms with Crippen LogP contribution in [0.25, 0.3) is 11.3 Å². The number of amides is 1. The van der Waals surface area contributed by atoms with Gasteiger partial charge >= 0.3 is 0 Å². The van der Waals surface area contributed by atoms with Crippen LogP contribution >= 0.6 is 0 Å². The van der Waals surface area contributed by atoms with E-state index in [1.807, 2.05) is 48.5 Å². The zero-order valence-electron chi connectivity index (χ0n) is 12.9. The largest absolute Gasteiger partial charge is 0.366 e. The third-order valence-electron chi connectivity index (χ3n) is 4.04. The van der Waals surface area contributed by atoms with Gasteiger partial charge in [-0.25, -0.2) is 0 Å². The highest BCUT2D eigenvalue weighted by atomic mass is 16.1. The Morgan fingerprint density at radius 2 is 1.57 bits per heavy atom. The number of nitrogens with zero attached hydrogens (tertiary/aromatic N) is 1. The topological polar surface area (TPSA) is 56.0 Å². The smallest absolute Gasteiger partial charge is 0.249 e. The fourth-order valence-corrected chi connectivity index (χ4v) is 2.86. The molecule has 1 atom stereocenters. The third kappa shape index (κ3) is 2.99. The second-order valence-electron chi connectivity index (χ2n) is 5.48. The standard InChI is InChI=1S/C20H18N2O/c1-14(15-8-4-2-5-9-15)18-17(20(21)23)12-13-22-19(18)16-10-6-3-7-11-16/h2-14H,1H3,(H2,21,23). The first-order chi connectivity index (χ1) is 11.2. The molecule has 114 valence electrons. The van der Waals surface area contributed by atoms with E-state index in [1.54, 1.807) is 12.3 Å². The summed E-state index contributed by atoms with van der Waals surface area (Å²) in [7, 11) is 0. The highest BCUT2D eigenvalue weighted by molar-refractivity contribution is 5.96. The van der Waals surface area contributed by atoms with Crippen molar-refractivity contribution in [2.75, 3.05) is 0 Å². The Kier molecular flexibility index (Phi) is 4.20. The van der Waals surface area contributed by atoms with Crippen LogP contribution in [0.4, 0.5) is 0 Å². The van der Waals surface area contributed by atoms with Gasteiger partial charge in [0, 0.05) is 23.2 Å². The predicted molar refractivity (Wildman–Crippen MR) is 92.1 cm³/mol. The second kappa shape index (κ2) is 6.44. The number of aromatic nitrogens is 1. The van der Waals surface area contributed by atoms with Crippen molar-refractivity contribution in [3.63, 3.8) is 0 Å². The summed E-state index contributed by atoms with van der Waals surface area (Å²) < 4.78 is 0. The normalized spacial score (nSPS) is 11.9. The van der Waals surface area contributed by atoms with Crippen molar-refractivity contribution < 1.29 is 4.79 Å². The number of primary amides is 1. The first-order valence-electron chi connectivity index (χ1n) is 7.57. The van der Waals surface area contributed by atoms with Crippen LogP contribution < -0.4 is 5.73 Å². The van der Waals surface area contributed by atoms with Crippen molar-refractivity contribution in [2.45, 2.75) is 12.8 Å². The average Bonchev–Trinajstić information content (AvgIpc) is 2.62. The minimum Gasteiger partial charge on any atom is -0.366 e. The van der Waals surface area contributed by atoms with E-state index in [9.17, 15) is 4.79 Å². The van der Waals surface area contributed by atoms with Crippen LogP contribution in [0.1, 0.15) is 34.3 Å². The summed E-state index contributed by atoms with van der Waals surface area (Å²) >= 11 is 0. The number of carbonyl (C=O) groups excluding carboxylic acids is 1. The molecule has 1 amide bonds. The van der Waals surface area contributed by atoms with E-state index < -0.39 is 5.91 Å². The molecule has 0 aliphatic carbocycles. The van der Waals surface area contributed by atoms with E-state index in [4.69, 9.17) is 5.73 Å². The summed E-state index contributed by atoms with van der Waals surface area (Å²) in [6.07, 6.45) is 1.64. The molecule has 23 heavy (non-hydrogen) atoms. The number of nitrogens with two attached hydrogens (primary N) is 1. The van der Waals surface area contributed by atoms with Crippen LogP contribution in [0.3, 0.4) is 0 Å². The Morgan fingerprint density at radius 1 is 0.957 bits per heavy atom. The maximum atomic E-state index is 11.9. The van der Waals surface area contributed by atoms with Gasteiger partial charge in [0.1, 0.15) is 0 Å². The number of hydrogen-bond donors (Lipinski definition) is 1. The first kappa shape index (κ1) is 15.0. The molecule has 1 aromatic heterocycles. The Balaban J connectivity index is 2.22.